The first kappa shape index (κ1) is 13.7. The molecule has 0 amide bonds. The second-order valence-corrected chi connectivity index (χ2v) is 5.68. The van der Waals surface area contributed by atoms with E-state index in [0.29, 0.717) is 5.92 Å². The average Bonchev–Trinajstić information content (AvgIpc) is 2.16. The van der Waals surface area contributed by atoms with Crippen LogP contribution in [0.2, 0.25) is 0 Å². The molecule has 0 bridgehead atoms. The molecule has 0 aromatic heterocycles. The third-order valence-electron chi connectivity index (χ3n) is 2.73. The molecule has 1 aliphatic heterocycles. The molecular formula is C11H21IO3. The largest absolute Gasteiger partial charge is 0.367 e. The minimum atomic E-state index is -0.685. The van der Waals surface area contributed by atoms with Gasteiger partial charge in [-0.15, -0.1) is 0 Å². The van der Waals surface area contributed by atoms with E-state index in [9.17, 15) is 5.11 Å². The third kappa shape index (κ3) is 3.28. The van der Waals surface area contributed by atoms with Crippen molar-refractivity contribution in [3.05, 3.63) is 0 Å². The fraction of sp³-hybridized carbons (Fsp3) is 1.00. The smallest absolute Gasteiger partial charge is 0.163 e. The monoisotopic (exact) mass is 328 g/mol. The van der Waals surface area contributed by atoms with Gasteiger partial charge in [-0.2, -0.15) is 0 Å². The van der Waals surface area contributed by atoms with Crippen molar-refractivity contribution in [3.63, 3.8) is 0 Å². The van der Waals surface area contributed by atoms with E-state index >= 15 is 0 Å². The number of halogens is 1. The van der Waals surface area contributed by atoms with E-state index in [4.69, 9.17) is 9.47 Å². The van der Waals surface area contributed by atoms with Crippen LogP contribution in [0.15, 0.2) is 0 Å². The molecule has 1 fully saturated rings. The van der Waals surface area contributed by atoms with Gasteiger partial charge in [-0.1, -0.05) is 50.3 Å². The van der Waals surface area contributed by atoms with Gasteiger partial charge in [0.15, 0.2) is 12.6 Å². The zero-order valence-corrected chi connectivity index (χ0v) is 12.0. The predicted octanol–water partition coefficient (Wildman–Crippen LogP) is 2.41. The van der Waals surface area contributed by atoms with E-state index in [2.05, 4.69) is 36.4 Å². The normalized spacial score (nSPS) is 37.6. The zero-order valence-electron chi connectivity index (χ0n) is 9.81. The number of hydrogen-bond donors (Lipinski definition) is 1. The van der Waals surface area contributed by atoms with E-state index < -0.39 is 6.29 Å². The average molecular weight is 328 g/mol. The molecule has 1 rings (SSSR count). The van der Waals surface area contributed by atoms with Crippen molar-refractivity contribution in [3.8, 4) is 0 Å². The number of hydrogen-bond acceptors (Lipinski definition) is 3. The second-order valence-electron chi connectivity index (χ2n) is 4.80. The minimum absolute atomic E-state index is 0.0839. The van der Waals surface area contributed by atoms with Gasteiger partial charge in [0.1, 0.15) is 0 Å². The lowest BCUT2D eigenvalue weighted by molar-refractivity contribution is -0.334. The summed E-state index contributed by atoms with van der Waals surface area (Å²) in [5.41, 5.74) is 0. The van der Waals surface area contributed by atoms with Crippen molar-refractivity contribution < 1.29 is 14.6 Å². The second kappa shape index (κ2) is 5.80. The summed E-state index contributed by atoms with van der Waals surface area (Å²) in [6, 6.07) is 0. The van der Waals surface area contributed by atoms with Crippen LogP contribution in [0.4, 0.5) is 0 Å². The Morgan fingerprint density at radius 1 is 1.13 bits per heavy atom. The molecule has 3 nitrogen and oxygen atoms in total. The molecule has 0 aromatic carbocycles. The van der Waals surface area contributed by atoms with Gasteiger partial charge in [0, 0.05) is 16.3 Å². The van der Waals surface area contributed by atoms with Crippen molar-refractivity contribution in [2.24, 2.45) is 17.8 Å². The van der Waals surface area contributed by atoms with Gasteiger partial charge >= 0.3 is 0 Å². The van der Waals surface area contributed by atoms with Crippen LogP contribution in [0, 0.1) is 17.8 Å². The van der Waals surface area contributed by atoms with Crippen LogP contribution in [0.3, 0.4) is 0 Å². The summed E-state index contributed by atoms with van der Waals surface area (Å²) in [6.07, 6.45) is -0.861. The number of ether oxygens (including phenoxy) is 2. The molecule has 0 saturated carbocycles. The lowest BCUT2D eigenvalue weighted by Gasteiger charge is -2.42. The van der Waals surface area contributed by atoms with E-state index in [1.165, 1.54) is 0 Å². The zero-order chi connectivity index (χ0) is 11.6. The Balaban J connectivity index is 2.72. The first-order chi connectivity index (χ1) is 6.97. The molecule has 0 aromatic rings. The van der Waals surface area contributed by atoms with Crippen molar-refractivity contribution in [2.45, 2.75) is 46.4 Å². The van der Waals surface area contributed by atoms with Crippen molar-refractivity contribution in [1.82, 2.24) is 0 Å². The summed E-state index contributed by atoms with van der Waals surface area (Å²) in [6.45, 7) is 8.33. The first-order valence-corrected chi connectivity index (χ1v) is 7.04. The van der Waals surface area contributed by atoms with Crippen molar-refractivity contribution >= 4 is 22.6 Å². The summed E-state index contributed by atoms with van der Waals surface area (Å²) in [4.78, 5) is 0. The van der Waals surface area contributed by atoms with E-state index in [0.717, 1.165) is 4.43 Å². The molecule has 1 heterocycles. The summed E-state index contributed by atoms with van der Waals surface area (Å²) in [5.74, 6) is 0.765. The summed E-state index contributed by atoms with van der Waals surface area (Å²) < 4.78 is 12.2. The van der Waals surface area contributed by atoms with Crippen LogP contribution < -0.4 is 0 Å². The van der Waals surface area contributed by atoms with Gasteiger partial charge in [0.2, 0.25) is 0 Å². The molecule has 1 saturated heterocycles. The number of rotatable bonds is 3. The van der Waals surface area contributed by atoms with Crippen LogP contribution in [0.5, 0.6) is 0 Å². The lowest BCUT2D eigenvalue weighted by atomic mass is 9.92. The maximum absolute atomic E-state index is 9.90. The molecular weight excluding hydrogens is 307 g/mol. The topological polar surface area (TPSA) is 38.7 Å². The van der Waals surface area contributed by atoms with Gasteiger partial charge in [0.05, 0.1) is 6.10 Å². The summed E-state index contributed by atoms with van der Waals surface area (Å²) in [5, 5.41) is 9.90. The molecule has 4 atom stereocenters. The van der Waals surface area contributed by atoms with E-state index in [1.807, 2.05) is 13.8 Å². The van der Waals surface area contributed by atoms with E-state index in [-0.39, 0.29) is 24.2 Å². The van der Waals surface area contributed by atoms with Gasteiger partial charge in [-0.3, -0.25) is 0 Å². The quantitative estimate of drug-likeness (QED) is 0.639. The highest BCUT2D eigenvalue weighted by Gasteiger charge is 2.40. The predicted molar refractivity (Wildman–Crippen MR) is 67.8 cm³/mol. The van der Waals surface area contributed by atoms with Crippen LogP contribution in [0.1, 0.15) is 27.7 Å². The SMILES string of the molecule is CC(C)[C@@H]1O[C@@H](O)[C@H](CI)[C@H](C(C)C)O1. The fourth-order valence-corrected chi connectivity index (χ4v) is 2.75. The van der Waals surface area contributed by atoms with E-state index in [1.54, 1.807) is 0 Å². The highest BCUT2D eigenvalue weighted by Crippen LogP contribution is 2.32. The van der Waals surface area contributed by atoms with Gasteiger partial charge < -0.3 is 14.6 Å². The maximum Gasteiger partial charge on any atom is 0.163 e. The molecule has 0 spiro atoms. The Morgan fingerprint density at radius 3 is 2.13 bits per heavy atom. The van der Waals surface area contributed by atoms with Crippen molar-refractivity contribution in [1.29, 1.82) is 0 Å². The van der Waals surface area contributed by atoms with Gasteiger partial charge in [-0.05, 0) is 5.92 Å². The number of aliphatic hydroxyl groups excluding tert-OH is 1. The first-order valence-electron chi connectivity index (χ1n) is 5.52. The Hall–Kier alpha value is 0.610. The highest BCUT2D eigenvalue weighted by molar-refractivity contribution is 14.1. The maximum atomic E-state index is 9.90. The van der Waals surface area contributed by atoms with Gasteiger partial charge in [-0.25, -0.2) is 0 Å². The molecule has 0 radical (unpaired) electrons. The van der Waals surface area contributed by atoms with Crippen LogP contribution in [-0.4, -0.2) is 28.2 Å². The van der Waals surface area contributed by atoms with Crippen LogP contribution in [0.25, 0.3) is 0 Å². The van der Waals surface area contributed by atoms with Crippen LogP contribution >= 0.6 is 22.6 Å². The highest BCUT2D eigenvalue weighted by atomic mass is 127. The number of aliphatic hydroxyl groups is 1. The molecule has 1 aliphatic rings. The minimum Gasteiger partial charge on any atom is -0.367 e. The Labute approximate surface area is 106 Å². The molecule has 4 heteroatoms. The summed E-state index contributed by atoms with van der Waals surface area (Å²) in [7, 11) is 0. The molecule has 15 heavy (non-hydrogen) atoms. The molecule has 90 valence electrons. The molecule has 1 N–H and O–H groups in total. The standard InChI is InChI=1S/C11H21IO3/c1-6(2)9-8(5-12)10(13)15-11(14-9)7(3)4/h6-11,13H,5H2,1-4H3/t8-,9+,10-,11+/m1/s1. The van der Waals surface area contributed by atoms with Crippen LogP contribution in [-0.2, 0) is 9.47 Å². The third-order valence-corrected chi connectivity index (χ3v) is 3.75. The molecule has 0 unspecified atom stereocenters. The summed E-state index contributed by atoms with van der Waals surface area (Å²) >= 11 is 2.27. The Morgan fingerprint density at radius 2 is 1.73 bits per heavy atom. The lowest BCUT2D eigenvalue weighted by Crippen LogP contribution is -2.50. The molecule has 0 aliphatic carbocycles. The fourth-order valence-electron chi connectivity index (χ4n) is 1.82. The Kier molecular flexibility index (Phi) is 5.28. The number of alkyl halides is 1. The Bertz CT molecular complexity index is 196. The van der Waals surface area contributed by atoms with Gasteiger partial charge in [0.25, 0.3) is 0 Å². The van der Waals surface area contributed by atoms with Crippen molar-refractivity contribution in [2.75, 3.05) is 4.43 Å².